The Kier molecular flexibility index (Phi) is 1.52. The van der Waals surface area contributed by atoms with Gasteiger partial charge in [0, 0.05) is 7.05 Å². The molecule has 1 aromatic heterocycles. The van der Waals surface area contributed by atoms with Crippen LogP contribution < -0.4 is 0 Å². The molecule has 0 aliphatic heterocycles. The van der Waals surface area contributed by atoms with E-state index in [9.17, 15) is 4.39 Å². The Balaban J connectivity index is 2.99. The summed E-state index contributed by atoms with van der Waals surface area (Å²) in [6, 6.07) is 4.65. The SMILES string of the molecule is Cn1cnc2ccc(F)c(C#N)c21. The Morgan fingerprint density at radius 1 is 1.54 bits per heavy atom. The topological polar surface area (TPSA) is 41.6 Å². The fourth-order valence-electron chi connectivity index (χ4n) is 1.33. The summed E-state index contributed by atoms with van der Waals surface area (Å²) in [6.07, 6.45) is 1.56. The molecule has 0 saturated heterocycles. The molecule has 0 atom stereocenters. The number of hydrogen-bond donors (Lipinski definition) is 0. The zero-order valence-electron chi connectivity index (χ0n) is 6.95. The van der Waals surface area contributed by atoms with Crippen LogP contribution in [0.15, 0.2) is 18.5 Å². The molecule has 64 valence electrons. The van der Waals surface area contributed by atoms with E-state index < -0.39 is 5.82 Å². The highest BCUT2D eigenvalue weighted by molar-refractivity contribution is 5.81. The number of halogens is 1. The van der Waals surface area contributed by atoms with Crippen LogP contribution in [0.2, 0.25) is 0 Å². The van der Waals surface area contributed by atoms with Crippen LogP contribution in [0.1, 0.15) is 5.56 Å². The number of nitriles is 1. The fraction of sp³-hybridized carbons (Fsp3) is 0.111. The molecular weight excluding hydrogens is 169 g/mol. The monoisotopic (exact) mass is 175 g/mol. The molecule has 0 aliphatic rings. The van der Waals surface area contributed by atoms with Gasteiger partial charge in [-0.15, -0.1) is 0 Å². The van der Waals surface area contributed by atoms with Gasteiger partial charge in [-0.2, -0.15) is 5.26 Å². The summed E-state index contributed by atoms with van der Waals surface area (Å²) >= 11 is 0. The Hall–Kier alpha value is -1.89. The number of rotatable bonds is 0. The van der Waals surface area contributed by atoms with Gasteiger partial charge < -0.3 is 4.57 Å². The first-order valence-corrected chi connectivity index (χ1v) is 3.73. The van der Waals surface area contributed by atoms with Crippen LogP contribution in [0.3, 0.4) is 0 Å². The lowest BCUT2D eigenvalue weighted by molar-refractivity contribution is 0.625. The minimum absolute atomic E-state index is 0.0532. The molecule has 0 unspecified atom stereocenters. The summed E-state index contributed by atoms with van der Waals surface area (Å²) in [5, 5.41) is 8.73. The summed E-state index contributed by atoms with van der Waals surface area (Å²) in [4.78, 5) is 4.01. The summed E-state index contributed by atoms with van der Waals surface area (Å²) < 4.78 is 14.7. The van der Waals surface area contributed by atoms with Gasteiger partial charge in [-0.05, 0) is 12.1 Å². The molecule has 0 aliphatic carbocycles. The number of aryl methyl sites for hydroxylation is 1. The normalized spacial score (nSPS) is 10.2. The van der Waals surface area contributed by atoms with E-state index in [4.69, 9.17) is 5.26 Å². The predicted octanol–water partition coefficient (Wildman–Crippen LogP) is 1.58. The van der Waals surface area contributed by atoms with Crippen LogP contribution in [-0.4, -0.2) is 9.55 Å². The van der Waals surface area contributed by atoms with Crippen molar-refractivity contribution in [2.24, 2.45) is 7.05 Å². The average molecular weight is 175 g/mol. The minimum Gasteiger partial charge on any atom is -0.333 e. The van der Waals surface area contributed by atoms with Gasteiger partial charge in [-0.3, -0.25) is 0 Å². The lowest BCUT2D eigenvalue weighted by Gasteiger charge is -1.97. The highest BCUT2D eigenvalue weighted by Crippen LogP contribution is 2.18. The van der Waals surface area contributed by atoms with E-state index in [0.29, 0.717) is 11.0 Å². The number of nitrogens with zero attached hydrogens (tertiary/aromatic N) is 3. The van der Waals surface area contributed by atoms with Crippen LogP contribution in [0.4, 0.5) is 4.39 Å². The fourth-order valence-corrected chi connectivity index (χ4v) is 1.33. The first-order chi connectivity index (χ1) is 6.24. The molecule has 3 nitrogen and oxygen atoms in total. The average Bonchev–Trinajstić information content (AvgIpc) is 2.49. The Bertz CT molecular complexity index is 507. The zero-order valence-corrected chi connectivity index (χ0v) is 6.95. The highest BCUT2D eigenvalue weighted by atomic mass is 19.1. The summed E-state index contributed by atoms with van der Waals surface area (Å²) in [6.45, 7) is 0. The molecule has 0 bridgehead atoms. The molecule has 0 fully saturated rings. The van der Waals surface area contributed by atoms with Gasteiger partial charge in [0.25, 0.3) is 0 Å². The third-order valence-corrected chi connectivity index (χ3v) is 1.94. The number of imidazole rings is 1. The summed E-state index contributed by atoms with van der Waals surface area (Å²) in [5.41, 5.74) is 1.24. The third-order valence-electron chi connectivity index (χ3n) is 1.94. The van der Waals surface area contributed by atoms with E-state index in [1.165, 1.54) is 6.07 Å². The van der Waals surface area contributed by atoms with Gasteiger partial charge in [0.1, 0.15) is 17.4 Å². The lowest BCUT2D eigenvalue weighted by atomic mass is 10.2. The molecule has 0 radical (unpaired) electrons. The molecule has 13 heavy (non-hydrogen) atoms. The Labute approximate surface area is 74.0 Å². The summed E-state index contributed by atoms with van der Waals surface area (Å²) in [7, 11) is 1.73. The maximum atomic E-state index is 13.1. The van der Waals surface area contributed by atoms with Gasteiger partial charge in [0.15, 0.2) is 0 Å². The molecule has 0 saturated carbocycles. The van der Waals surface area contributed by atoms with Gasteiger partial charge in [-0.1, -0.05) is 0 Å². The van der Waals surface area contributed by atoms with Crippen molar-refractivity contribution in [3.63, 3.8) is 0 Å². The maximum Gasteiger partial charge on any atom is 0.143 e. The molecule has 2 rings (SSSR count). The van der Waals surface area contributed by atoms with Crippen molar-refractivity contribution in [3.8, 4) is 6.07 Å². The van der Waals surface area contributed by atoms with E-state index in [2.05, 4.69) is 4.98 Å². The number of hydrogen-bond acceptors (Lipinski definition) is 2. The second-order valence-corrected chi connectivity index (χ2v) is 2.76. The highest BCUT2D eigenvalue weighted by Gasteiger charge is 2.10. The van der Waals surface area contributed by atoms with Crippen molar-refractivity contribution in [3.05, 3.63) is 29.8 Å². The van der Waals surface area contributed by atoms with Gasteiger partial charge in [-0.25, -0.2) is 9.37 Å². The molecule has 4 heteroatoms. The van der Waals surface area contributed by atoms with E-state index >= 15 is 0 Å². The van der Waals surface area contributed by atoms with Crippen molar-refractivity contribution in [1.82, 2.24) is 9.55 Å². The van der Waals surface area contributed by atoms with Gasteiger partial charge in [0.05, 0.1) is 17.4 Å². The molecule has 0 N–H and O–H groups in total. The number of benzene rings is 1. The van der Waals surface area contributed by atoms with E-state index in [0.717, 1.165) is 0 Å². The quantitative estimate of drug-likeness (QED) is 0.610. The Morgan fingerprint density at radius 2 is 2.31 bits per heavy atom. The maximum absolute atomic E-state index is 13.1. The second-order valence-electron chi connectivity index (χ2n) is 2.76. The molecular formula is C9H6FN3. The zero-order chi connectivity index (χ0) is 9.42. The lowest BCUT2D eigenvalue weighted by Crippen LogP contribution is -1.91. The molecule has 0 amide bonds. The molecule has 2 aromatic rings. The second kappa shape index (κ2) is 2.56. The van der Waals surface area contributed by atoms with E-state index in [-0.39, 0.29) is 5.56 Å². The standard InChI is InChI=1S/C9H6FN3/c1-13-5-12-8-3-2-7(10)6(4-11)9(8)13/h2-3,5H,1H3. The first-order valence-electron chi connectivity index (χ1n) is 3.73. The van der Waals surface area contributed by atoms with Crippen LogP contribution in [0, 0.1) is 17.1 Å². The molecule has 1 aromatic carbocycles. The predicted molar refractivity (Wildman–Crippen MR) is 45.4 cm³/mol. The van der Waals surface area contributed by atoms with Gasteiger partial charge in [0.2, 0.25) is 0 Å². The minimum atomic E-state index is -0.501. The van der Waals surface area contributed by atoms with Crippen LogP contribution in [-0.2, 0) is 7.05 Å². The smallest absolute Gasteiger partial charge is 0.143 e. The van der Waals surface area contributed by atoms with Crippen molar-refractivity contribution < 1.29 is 4.39 Å². The van der Waals surface area contributed by atoms with Crippen LogP contribution in [0.5, 0.6) is 0 Å². The summed E-state index contributed by atoms with van der Waals surface area (Å²) in [5.74, 6) is -0.501. The molecule has 1 heterocycles. The van der Waals surface area contributed by atoms with E-state index in [1.807, 2.05) is 6.07 Å². The first kappa shape index (κ1) is 7.74. The Morgan fingerprint density at radius 3 is 3.00 bits per heavy atom. The van der Waals surface area contributed by atoms with Gasteiger partial charge >= 0.3 is 0 Å². The van der Waals surface area contributed by atoms with Crippen molar-refractivity contribution in [2.75, 3.05) is 0 Å². The van der Waals surface area contributed by atoms with Crippen LogP contribution in [0.25, 0.3) is 11.0 Å². The largest absolute Gasteiger partial charge is 0.333 e. The number of fused-ring (bicyclic) bond motifs is 1. The van der Waals surface area contributed by atoms with Crippen molar-refractivity contribution >= 4 is 11.0 Å². The van der Waals surface area contributed by atoms with Crippen molar-refractivity contribution in [1.29, 1.82) is 5.26 Å². The third kappa shape index (κ3) is 0.975. The molecule has 0 spiro atoms. The van der Waals surface area contributed by atoms with E-state index in [1.54, 1.807) is 24.0 Å². The van der Waals surface area contributed by atoms with Crippen molar-refractivity contribution in [2.45, 2.75) is 0 Å². The number of aromatic nitrogens is 2. The van der Waals surface area contributed by atoms with Crippen LogP contribution >= 0.6 is 0 Å².